The van der Waals surface area contributed by atoms with Gasteiger partial charge in [-0.05, 0) is 6.07 Å². The van der Waals surface area contributed by atoms with Crippen molar-refractivity contribution >= 4 is 28.8 Å². The molecule has 0 fully saturated rings. The number of halogens is 3. The number of nitrogen functional groups attached to an aromatic ring is 2. The molecule has 11 heteroatoms. The summed E-state index contributed by atoms with van der Waals surface area (Å²) in [5.41, 5.74) is 9.02. The van der Waals surface area contributed by atoms with E-state index in [1.807, 2.05) is 0 Å². The number of nitrogens with two attached hydrogens (primary N) is 2. The summed E-state index contributed by atoms with van der Waals surface area (Å²) in [6, 6.07) is 5.61. The van der Waals surface area contributed by atoms with Gasteiger partial charge in [0.15, 0.2) is 12.4 Å². The number of pyridine rings is 1. The molecule has 0 saturated heterocycles. The number of para-hydroxylation sites is 1. The van der Waals surface area contributed by atoms with Crippen molar-refractivity contribution in [1.29, 1.82) is 0 Å². The Morgan fingerprint density at radius 1 is 1.08 bits per heavy atom. The first-order valence-corrected chi connectivity index (χ1v) is 7.13. The molecule has 0 unspecified atom stereocenters. The molecule has 1 aromatic carbocycles. The van der Waals surface area contributed by atoms with Gasteiger partial charge in [-0.25, -0.2) is 4.79 Å². The zero-order valence-electron chi connectivity index (χ0n) is 13.0. The number of anilines is 2. The van der Waals surface area contributed by atoms with Crippen molar-refractivity contribution in [3.05, 3.63) is 47.4 Å². The van der Waals surface area contributed by atoms with Crippen molar-refractivity contribution in [3.8, 4) is 0 Å². The molecule has 0 aliphatic heterocycles. The van der Waals surface area contributed by atoms with Gasteiger partial charge in [0.25, 0.3) is 0 Å². The third-order valence-corrected chi connectivity index (χ3v) is 3.33. The highest BCUT2D eigenvalue weighted by molar-refractivity contribution is 5.97. The van der Waals surface area contributed by atoms with E-state index >= 15 is 0 Å². The minimum absolute atomic E-state index is 0.0920. The van der Waals surface area contributed by atoms with E-state index in [1.165, 1.54) is 18.2 Å². The van der Waals surface area contributed by atoms with Gasteiger partial charge < -0.3 is 16.2 Å². The summed E-state index contributed by atoms with van der Waals surface area (Å²) in [6.45, 7) is -0.528. The minimum atomic E-state index is -4.78. The number of hydrogen-bond acceptors (Lipinski definition) is 8. The minimum Gasteiger partial charge on any atom is -0.454 e. The molecule has 0 atom stereocenters. The van der Waals surface area contributed by atoms with E-state index in [0.29, 0.717) is 0 Å². The number of nitrogens with zero attached hydrogens (tertiary/aromatic N) is 4. The van der Waals surface area contributed by atoms with Crippen molar-refractivity contribution in [2.24, 2.45) is 0 Å². The number of ether oxygens (including phenoxy) is 1. The summed E-state index contributed by atoms with van der Waals surface area (Å²) >= 11 is 0. The van der Waals surface area contributed by atoms with E-state index < -0.39 is 29.9 Å². The molecule has 134 valence electrons. The number of esters is 1. The highest BCUT2D eigenvalue weighted by Crippen LogP contribution is 2.37. The van der Waals surface area contributed by atoms with Crippen molar-refractivity contribution in [2.75, 3.05) is 11.5 Å². The molecule has 2 aromatic heterocycles. The van der Waals surface area contributed by atoms with Gasteiger partial charge in [0, 0.05) is 11.6 Å². The number of aromatic nitrogens is 4. The number of hydrogen-bond donors (Lipinski definition) is 2. The van der Waals surface area contributed by atoms with Crippen LogP contribution in [0.25, 0.3) is 10.9 Å². The van der Waals surface area contributed by atoms with Gasteiger partial charge in [0.05, 0.1) is 16.6 Å². The molecular formula is C15H11F3N6O2. The largest absolute Gasteiger partial charge is 0.454 e. The molecule has 0 amide bonds. The van der Waals surface area contributed by atoms with Crippen molar-refractivity contribution in [1.82, 2.24) is 19.9 Å². The van der Waals surface area contributed by atoms with Crippen molar-refractivity contribution in [2.45, 2.75) is 12.8 Å². The van der Waals surface area contributed by atoms with E-state index in [9.17, 15) is 18.0 Å². The Balaban J connectivity index is 1.95. The quantitative estimate of drug-likeness (QED) is 0.675. The van der Waals surface area contributed by atoms with Crippen LogP contribution in [0.4, 0.5) is 25.1 Å². The summed E-state index contributed by atoms with van der Waals surface area (Å²) in [4.78, 5) is 27.0. The zero-order chi connectivity index (χ0) is 18.9. The predicted octanol–water partition coefficient (Wildman–Crippen LogP) is 1.96. The Bertz CT molecular complexity index is 973. The molecule has 0 bridgehead atoms. The SMILES string of the molecule is Nc1nc(N)nc(COC(=O)c2cnc3ccccc3c2C(F)(F)F)n1. The van der Waals surface area contributed by atoms with E-state index in [2.05, 4.69) is 19.9 Å². The van der Waals surface area contributed by atoms with E-state index in [0.717, 1.165) is 6.20 Å². The Kier molecular flexibility index (Phi) is 4.28. The molecule has 0 spiro atoms. The molecule has 8 nitrogen and oxygen atoms in total. The summed E-state index contributed by atoms with van der Waals surface area (Å²) in [5.74, 6) is -1.72. The van der Waals surface area contributed by atoms with Gasteiger partial charge in [-0.2, -0.15) is 28.1 Å². The number of carbonyl (C=O) groups is 1. The molecule has 0 aliphatic carbocycles. The molecule has 26 heavy (non-hydrogen) atoms. The maximum atomic E-state index is 13.5. The average molecular weight is 364 g/mol. The van der Waals surface area contributed by atoms with Crippen LogP contribution in [0.5, 0.6) is 0 Å². The first-order valence-electron chi connectivity index (χ1n) is 7.13. The predicted molar refractivity (Wildman–Crippen MR) is 84.5 cm³/mol. The second-order valence-electron chi connectivity index (χ2n) is 5.11. The van der Waals surface area contributed by atoms with E-state index in [1.54, 1.807) is 6.07 Å². The normalized spacial score (nSPS) is 11.5. The topological polar surface area (TPSA) is 130 Å². The molecule has 4 N–H and O–H groups in total. The lowest BCUT2D eigenvalue weighted by molar-refractivity contribution is -0.136. The molecule has 2 heterocycles. The summed E-state index contributed by atoms with van der Waals surface area (Å²) < 4.78 is 45.4. The maximum Gasteiger partial charge on any atom is 0.417 e. The Morgan fingerprint density at radius 3 is 2.38 bits per heavy atom. The van der Waals surface area contributed by atoms with Crippen LogP contribution in [-0.2, 0) is 17.5 Å². The standard InChI is InChI=1S/C15H11F3N6O2/c16-15(17,18)11-7-3-1-2-4-9(7)21-5-8(11)12(25)26-6-10-22-13(19)24-14(20)23-10/h1-5H,6H2,(H4,19,20,22,23,24). The second-order valence-corrected chi connectivity index (χ2v) is 5.11. The van der Waals surface area contributed by atoms with Crippen molar-refractivity contribution < 1.29 is 22.7 Å². The fraction of sp³-hybridized carbons (Fsp3) is 0.133. The smallest absolute Gasteiger partial charge is 0.417 e. The highest BCUT2D eigenvalue weighted by atomic mass is 19.4. The highest BCUT2D eigenvalue weighted by Gasteiger charge is 2.38. The van der Waals surface area contributed by atoms with Gasteiger partial charge in [0.1, 0.15) is 0 Å². The summed E-state index contributed by atoms with van der Waals surface area (Å²) in [7, 11) is 0. The zero-order valence-corrected chi connectivity index (χ0v) is 13.0. The first-order chi connectivity index (χ1) is 12.3. The average Bonchev–Trinajstić information content (AvgIpc) is 2.57. The van der Waals surface area contributed by atoms with Crippen LogP contribution >= 0.6 is 0 Å². The number of benzene rings is 1. The fourth-order valence-electron chi connectivity index (χ4n) is 2.33. The lowest BCUT2D eigenvalue weighted by atomic mass is 10.0. The molecular weight excluding hydrogens is 353 g/mol. The van der Waals surface area contributed by atoms with Gasteiger partial charge >= 0.3 is 12.1 Å². The number of carbonyl (C=O) groups excluding carboxylic acids is 1. The van der Waals surface area contributed by atoms with Gasteiger partial charge in [-0.3, -0.25) is 4.98 Å². The van der Waals surface area contributed by atoms with E-state index in [4.69, 9.17) is 16.2 Å². The van der Waals surface area contributed by atoms with Gasteiger partial charge in [-0.15, -0.1) is 0 Å². The molecule has 0 aliphatic rings. The van der Waals surface area contributed by atoms with Gasteiger partial charge in [-0.1, -0.05) is 18.2 Å². The van der Waals surface area contributed by atoms with Crippen molar-refractivity contribution in [3.63, 3.8) is 0 Å². The van der Waals surface area contributed by atoms with Crippen LogP contribution < -0.4 is 11.5 Å². The lowest BCUT2D eigenvalue weighted by Gasteiger charge is -2.14. The summed E-state index contributed by atoms with van der Waals surface area (Å²) in [5, 5.41) is -0.205. The third kappa shape index (κ3) is 3.45. The number of alkyl halides is 3. The Labute approximate surface area is 144 Å². The Hall–Kier alpha value is -3.50. The molecule has 0 radical (unpaired) electrons. The Morgan fingerprint density at radius 2 is 1.73 bits per heavy atom. The van der Waals surface area contributed by atoms with Crippen LogP contribution in [0.2, 0.25) is 0 Å². The molecule has 3 aromatic rings. The second kappa shape index (κ2) is 6.43. The summed E-state index contributed by atoms with van der Waals surface area (Å²) in [6.07, 6.45) is -3.96. The fourth-order valence-corrected chi connectivity index (χ4v) is 2.33. The van der Waals surface area contributed by atoms with Crippen LogP contribution in [0, 0.1) is 0 Å². The lowest BCUT2D eigenvalue weighted by Crippen LogP contribution is -2.17. The van der Waals surface area contributed by atoms with Crippen LogP contribution in [0.3, 0.4) is 0 Å². The first kappa shape index (κ1) is 17.3. The maximum absolute atomic E-state index is 13.5. The molecule has 3 rings (SSSR count). The van der Waals surface area contributed by atoms with Crippen LogP contribution in [-0.4, -0.2) is 25.9 Å². The van der Waals surface area contributed by atoms with E-state index in [-0.39, 0.29) is 28.6 Å². The number of rotatable bonds is 3. The third-order valence-electron chi connectivity index (χ3n) is 3.33. The van der Waals surface area contributed by atoms with Crippen LogP contribution in [0.1, 0.15) is 21.7 Å². The number of fused-ring (bicyclic) bond motifs is 1. The monoisotopic (exact) mass is 364 g/mol. The molecule has 0 saturated carbocycles. The van der Waals surface area contributed by atoms with Crippen LogP contribution in [0.15, 0.2) is 30.5 Å². The van der Waals surface area contributed by atoms with Gasteiger partial charge in [0.2, 0.25) is 11.9 Å².